The Kier molecular flexibility index (Phi) is 5.82. The van der Waals surface area contributed by atoms with Crippen LogP contribution in [-0.4, -0.2) is 26.6 Å². The predicted octanol–water partition coefficient (Wildman–Crippen LogP) is 2.32. The maximum atomic E-state index is 11.6. The quantitative estimate of drug-likeness (QED) is 0.842. The number of hydrogen-bond donors (Lipinski definition) is 2. The van der Waals surface area contributed by atoms with Gasteiger partial charge < -0.3 is 15.4 Å². The Labute approximate surface area is 123 Å². The lowest BCUT2D eigenvalue weighted by molar-refractivity contribution is -0.128. The van der Waals surface area contributed by atoms with Gasteiger partial charge in [-0.05, 0) is 47.5 Å². The molecule has 106 valence electrons. The molecule has 0 aliphatic heterocycles. The van der Waals surface area contributed by atoms with Gasteiger partial charge in [-0.25, -0.2) is 0 Å². The Bertz CT molecular complexity index is 447. The van der Waals surface area contributed by atoms with Crippen LogP contribution in [0.4, 0.5) is 0 Å². The lowest BCUT2D eigenvalue weighted by Crippen LogP contribution is -2.41. The summed E-state index contributed by atoms with van der Waals surface area (Å²) in [6.07, 6.45) is 0. The molecule has 1 rings (SSSR count). The van der Waals surface area contributed by atoms with Crippen LogP contribution in [-0.2, 0) is 11.3 Å². The van der Waals surface area contributed by atoms with Crippen molar-refractivity contribution in [2.75, 3.05) is 20.7 Å². The molecule has 0 aromatic heterocycles. The van der Waals surface area contributed by atoms with Crippen LogP contribution in [0.2, 0.25) is 0 Å². The third-order valence-corrected chi connectivity index (χ3v) is 3.57. The van der Waals surface area contributed by atoms with Gasteiger partial charge in [0.15, 0.2) is 0 Å². The summed E-state index contributed by atoms with van der Waals surface area (Å²) in [4.78, 5) is 11.6. The lowest BCUT2D eigenvalue weighted by atomic mass is 9.92. The van der Waals surface area contributed by atoms with Gasteiger partial charge in [0.25, 0.3) is 0 Å². The van der Waals surface area contributed by atoms with Crippen molar-refractivity contribution in [2.45, 2.75) is 20.4 Å². The van der Waals surface area contributed by atoms with Gasteiger partial charge in [-0.15, -0.1) is 0 Å². The lowest BCUT2D eigenvalue weighted by Gasteiger charge is -2.23. The topological polar surface area (TPSA) is 50.4 Å². The summed E-state index contributed by atoms with van der Waals surface area (Å²) in [6.45, 7) is 5.17. The fourth-order valence-electron chi connectivity index (χ4n) is 1.76. The molecule has 0 atom stereocenters. The number of amides is 1. The minimum atomic E-state index is -0.418. The highest BCUT2D eigenvalue weighted by molar-refractivity contribution is 9.10. The van der Waals surface area contributed by atoms with Crippen molar-refractivity contribution >= 4 is 21.8 Å². The minimum absolute atomic E-state index is 0.0379. The zero-order valence-electron chi connectivity index (χ0n) is 11.8. The van der Waals surface area contributed by atoms with Crippen LogP contribution >= 0.6 is 15.9 Å². The first-order valence-corrected chi connectivity index (χ1v) is 6.95. The van der Waals surface area contributed by atoms with E-state index in [1.54, 1.807) is 14.2 Å². The number of benzene rings is 1. The predicted molar refractivity (Wildman–Crippen MR) is 80.2 cm³/mol. The van der Waals surface area contributed by atoms with Gasteiger partial charge in [0.2, 0.25) is 5.91 Å². The van der Waals surface area contributed by atoms with Crippen molar-refractivity contribution in [1.29, 1.82) is 0 Å². The molecule has 0 unspecified atom stereocenters. The highest BCUT2D eigenvalue weighted by atomic mass is 79.9. The van der Waals surface area contributed by atoms with Crippen molar-refractivity contribution < 1.29 is 9.53 Å². The maximum Gasteiger partial charge on any atom is 0.226 e. The van der Waals surface area contributed by atoms with Gasteiger partial charge >= 0.3 is 0 Å². The summed E-state index contributed by atoms with van der Waals surface area (Å²) in [7, 11) is 3.30. The zero-order valence-corrected chi connectivity index (χ0v) is 13.4. The van der Waals surface area contributed by atoms with Crippen molar-refractivity contribution in [2.24, 2.45) is 5.41 Å². The van der Waals surface area contributed by atoms with Gasteiger partial charge in [0.1, 0.15) is 5.75 Å². The highest BCUT2D eigenvalue weighted by Crippen LogP contribution is 2.25. The molecule has 0 bridgehead atoms. The second-order valence-electron chi connectivity index (χ2n) is 5.04. The van der Waals surface area contributed by atoms with E-state index in [1.165, 1.54) is 0 Å². The Morgan fingerprint density at radius 3 is 2.63 bits per heavy atom. The van der Waals surface area contributed by atoms with Gasteiger partial charge in [-0.2, -0.15) is 0 Å². The Morgan fingerprint density at radius 2 is 2.11 bits per heavy atom. The average Bonchev–Trinajstić information content (AvgIpc) is 2.37. The molecule has 0 fully saturated rings. The van der Waals surface area contributed by atoms with Gasteiger partial charge in [-0.3, -0.25) is 4.79 Å². The minimum Gasteiger partial charge on any atom is -0.496 e. The average molecular weight is 329 g/mol. The molecule has 5 heteroatoms. The molecule has 1 aromatic carbocycles. The second kappa shape index (κ2) is 6.91. The molecule has 0 aliphatic carbocycles. The Morgan fingerprint density at radius 1 is 1.42 bits per heavy atom. The first-order chi connectivity index (χ1) is 8.90. The zero-order chi connectivity index (χ0) is 14.5. The number of halogens is 1. The molecule has 0 spiro atoms. The Hall–Kier alpha value is -1.07. The first-order valence-electron chi connectivity index (χ1n) is 6.16. The van der Waals surface area contributed by atoms with E-state index in [0.717, 1.165) is 15.8 Å². The third kappa shape index (κ3) is 4.51. The largest absolute Gasteiger partial charge is 0.496 e. The number of methoxy groups -OCH3 is 1. The van der Waals surface area contributed by atoms with E-state index in [-0.39, 0.29) is 5.91 Å². The number of nitrogens with one attached hydrogen (secondary N) is 2. The van der Waals surface area contributed by atoms with Crippen molar-refractivity contribution in [1.82, 2.24) is 10.6 Å². The van der Waals surface area contributed by atoms with E-state index in [2.05, 4.69) is 26.6 Å². The molecule has 1 aromatic rings. The normalized spacial score (nSPS) is 11.2. The van der Waals surface area contributed by atoms with E-state index in [4.69, 9.17) is 4.74 Å². The monoisotopic (exact) mass is 328 g/mol. The van der Waals surface area contributed by atoms with Crippen LogP contribution in [0.5, 0.6) is 5.75 Å². The maximum absolute atomic E-state index is 11.6. The Balaban J connectivity index is 2.54. The summed E-state index contributed by atoms with van der Waals surface area (Å²) in [5.41, 5.74) is 0.721. The standard InChI is InChI=1S/C14H21BrN2O2/c1-14(2,13(18)16-3)9-17-8-10-5-6-12(19-4)11(15)7-10/h5-7,17H,8-9H2,1-4H3,(H,16,18). The molecule has 0 saturated heterocycles. The van der Waals surface area contributed by atoms with Crippen molar-refractivity contribution in [3.05, 3.63) is 28.2 Å². The van der Waals surface area contributed by atoms with Crippen LogP contribution < -0.4 is 15.4 Å². The number of carbonyl (C=O) groups is 1. The summed E-state index contributed by atoms with van der Waals surface area (Å²) in [5.74, 6) is 0.852. The molecule has 19 heavy (non-hydrogen) atoms. The van der Waals surface area contributed by atoms with Crippen LogP contribution in [0.25, 0.3) is 0 Å². The first kappa shape index (κ1) is 16.0. The molecule has 0 saturated carbocycles. The van der Waals surface area contributed by atoms with E-state index >= 15 is 0 Å². The SMILES string of the molecule is CNC(=O)C(C)(C)CNCc1ccc(OC)c(Br)c1. The highest BCUT2D eigenvalue weighted by Gasteiger charge is 2.25. The smallest absolute Gasteiger partial charge is 0.226 e. The van der Waals surface area contributed by atoms with Gasteiger partial charge in [-0.1, -0.05) is 6.07 Å². The van der Waals surface area contributed by atoms with E-state index in [9.17, 15) is 4.79 Å². The molecular formula is C14H21BrN2O2. The van der Waals surface area contributed by atoms with Crippen LogP contribution in [0.15, 0.2) is 22.7 Å². The molecule has 0 heterocycles. The molecule has 0 radical (unpaired) electrons. The summed E-state index contributed by atoms with van der Waals surface area (Å²) in [6, 6.07) is 5.94. The number of carbonyl (C=O) groups excluding carboxylic acids is 1. The molecular weight excluding hydrogens is 308 g/mol. The molecule has 2 N–H and O–H groups in total. The van der Waals surface area contributed by atoms with Gasteiger partial charge in [0, 0.05) is 20.1 Å². The fraction of sp³-hybridized carbons (Fsp3) is 0.500. The van der Waals surface area contributed by atoms with Crippen LogP contribution in [0.1, 0.15) is 19.4 Å². The van der Waals surface area contributed by atoms with Crippen molar-refractivity contribution in [3.8, 4) is 5.75 Å². The number of ether oxygens (including phenoxy) is 1. The van der Waals surface area contributed by atoms with E-state index in [0.29, 0.717) is 13.1 Å². The summed E-state index contributed by atoms with van der Waals surface area (Å²) >= 11 is 3.46. The number of hydrogen-bond acceptors (Lipinski definition) is 3. The van der Waals surface area contributed by atoms with Crippen LogP contribution in [0.3, 0.4) is 0 Å². The molecule has 4 nitrogen and oxygen atoms in total. The third-order valence-electron chi connectivity index (χ3n) is 2.95. The fourth-order valence-corrected chi connectivity index (χ4v) is 2.35. The van der Waals surface area contributed by atoms with Crippen molar-refractivity contribution in [3.63, 3.8) is 0 Å². The van der Waals surface area contributed by atoms with E-state index < -0.39 is 5.41 Å². The van der Waals surface area contributed by atoms with E-state index in [1.807, 2.05) is 32.0 Å². The second-order valence-corrected chi connectivity index (χ2v) is 5.89. The number of rotatable bonds is 6. The summed E-state index contributed by atoms with van der Waals surface area (Å²) in [5, 5.41) is 5.97. The van der Waals surface area contributed by atoms with Crippen LogP contribution in [0, 0.1) is 5.41 Å². The molecule has 0 aliphatic rings. The summed E-state index contributed by atoms with van der Waals surface area (Å²) < 4.78 is 6.11. The van der Waals surface area contributed by atoms with Gasteiger partial charge in [0.05, 0.1) is 17.0 Å². The molecule has 1 amide bonds.